The van der Waals surface area contributed by atoms with Gasteiger partial charge in [-0.2, -0.15) is 5.10 Å². The Hall–Kier alpha value is -5.13. The van der Waals surface area contributed by atoms with Crippen LogP contribution >= 0.6 is 11.6 Å². The zero-order valence-corrected chi connectivity index (χ0v) is 32.2. The topological polar surface area (TPSA) is 120 Å². The molecule has 12 heteroatoms. The molecular weight excluding hydrogens is 704 g/mol. The lowest BCUT2D eigenvalue weighted by Crippen LogP contribution is -2.39. The molecule has 2 amide bonds. The molecular formula is C42H49ClN6O5. The predicted molar refractivity (Wildman–Crippen MR) is 213 cm³/mol. The van der Waals surface area contributed by atoms with E-state index in [0.717, 1.165) is 70.3 Å². The molecule has 284 valence electrons. The Morgan fingerprint density at radius 1 is 1.00 bits per heavy atom. The molecule has 0 aliphatic carbocycles. The molecule has 1 atom stereocenters. The normalized spacial score (nSPS) is 14.4. The van der Waals surface area contributed by atoms with Gasteiger partial charge in [0.25, 0.3) is 0 Å². The summed E-state index contributed by atoms with van der Waals surface area (Å²) < 4.78 is 19.1. The molecule has 0 radical (unpaired) electrons. The first-order valence-corrected chi connectivity index (χ1v) is 18.9. The maximum absolute atomic E-state index is 13.2. The van der Waals surface area contributed by atoms with Crippen LogP contribution in [0.25, 0.3) is 33.2 Å². The first-order chi connectivity index (χ1) is 26.1. The van der Waals surface area contributed by atoms with Gasteiger partial charge < -0.3 is 29.7 Å². The molecule has 0 bridgehead atoms. The Morgan fingerprint density at radius 3 is 2.57 bits per heavy atom. The number of methoxy groups -OCH3 is 1. The van der Waals surface area contributed by atoms with Crippen LogP contribution < -0.4 is 15.4 Å². The molecule has 1 fully saturated rings. The summed E-state index contributed by atoms with van der Waals surface area (Å²) in [5.41, 5.74) is 5.98. The molecule has 11 nitrogen and oxygen atoms in total. The summed E-state index contributed by atoms with van der Waals surface area (Å²) >= 11 is 6.67. The van der Waals surface area contributed by atoms with E-state index >= 15 is 0 Å². The molecule has 1 aliphatic rings. The van der Waals surface area contributed by atoms with Crippen LogP contribution in [0.15, 0.2) is 85.2 Å². The van der Waals surface area contributed by atoms with Gasteiger partial charge in [0, 0.05) is 73.1 Å². The van der Waals surface area contributed by atoms with Gasteiger partial charge in [0.05, 0.1) is 18.8 Å². The van der Waals surface area contributed by atoms with Gasteiger partial charge in [-0.25, -0.2) is 14.5 Å². The summed E-state index contributed by atoms with van der Waals surface area (Å²) in [6.45, 7) is 7.72. The fraction of sp³-hybridized carbons (Fsp3) is 0.381. The largest absolute Gasteiger partial charge is 0.481 e. The van der Waals surface area contributed by atoms with E-state index in [1.807, 2.05) is 92.3 Å². The number of nitrogens with zero attached hydrogens (tertiary/aromatic N) is 4. The highest BCUT2D eigenvalue weighted by molar-refractivity contribution is 6.33. The van der Waals surface area contributed by atoms with Crippen molar-refractivity contribution in [3.63, 3.8) is 0 Å². The minimum Gasteiger partial charge on any atom is -0.481 e. The smallest absolute Gasteiger partial charge is 0.410 e. The van der Waals surface area contributed by atoms with Gasteiger partial charge in [0.2, 0.25) is 11.8 Å². The Labute approximate surface area is 322 Å². The zero-order chi connectivity index (χ0) is 38.1. The van der Waals surface area contributed by atoms with Crippen LogP contribution in [0.1, 0.15) is 64.7 Å². The van der Waals surface area contributed by atoms with E-state index in [0.29, 0.717) is 30.4 Å². The maximum atomic E-state index is 13.2. The van der Waals surface area contributed by atoms with Crippen molar-refractivity contribution in [3.05, 3.63) is 95.8 Å². The third kappa shape index (κ3) is 10.1. The van der Waals surface area contributed by atoms with Crippen LogP contribution in [0.5, 0.6) is 5.88 Å². The van der Waals surface area contributed by atoms with Crippen molar-refractivity contribution in [1.82, 2.24) is 25.0 Å². The second-order valence-electron chi connectivity index (χ2n) is 14.4. The summed E-state index contributed by atoms with van der Waals surface area (Å²) in [6.07, 6.45) is 6.91. The maximum Gasteiger partial charge on any atom is 0.410 e. The predicted octanol–water partition coefficient (Wildman–Crippen LogP) is 8.87. The number of fused-ring (bicyclic) bond motifs is 1. The SMILES string of the molecule is COc1cc(-c2cc(NCCCNC(=O)CCN(Cc3ccc(-c4ccccc4)c(Cl)c3)C(=O)OC(C)(C)C)c3cnn(C4CCCCO4)c3c2)ccn1. The summed E-state index contributed by atoms with van der Waals surface area (Å²) in [5.74, 6) is 0.392. The molecule has 0 spiro atoms. The number of halogens is 1. The fourth-order valence-electron chi connectivity index (χ4n) is 6.46. The lowest BCUT2D eigenvalue weighted by Gasteiger charge is -2.27. The molecule has 5 aromatic rings. The summed E-state index contributed by atoms with van der Waals surface area (Å²) in [5, 5.41) is 12.9. The van der Waals surface area contributed by atoms with Gasteiger partial charge in [0.15, 0.2) is 6.23 Å². The number of carbonyl (C=O) groups excluding carboxylic acids is 2. The molecule has 6 rings (SSSR count). The van der Waals surface area contributed by atoms with Gasteiger partial charge in [-0.15, -0.1) is 0 Å². The van der Waals surface area contributed by atoms with Crippen molar-refractivity contribution in [2.45, 2.75) is 71.2 Å². The average Bonchev–Trinajstić information content (AvgIpc) is 3.61. The number of rotatable bonds is 14. The number of pyridine rings is 1. The van der Waals surface area contributed by atoms with Crippen LogP contribution in [0, 0.1) is 0 Å². The number of anilines is 1. The van der Waals surface area contributed by atoms with Gasteiger partial charge in [-0.3, -0.25) is 4.79 Å². The van der Waals surface area contributed by atoms with Crippen molar-refractivity contribution >= 4 is 40.2 Å². The van der Waals surface area contributed by atoms with Crippen molar-refractivity contribution < 1.29 is 23.8 Å². The third-order valence-electron chi connectivity index (χ3n) is 9.17. The van der Waals surface area contributed by atoms with Crippen molar-refractivity contribution in [3.8, 4) is 28.1 Å². The number of carbonyl (C=O) groups is 2. The van der Waals surface area contributed by atoms with Crippen LogP contribution in [-0.4, -0.2) is 70.6 Å². The van der Waals surface area contributed by atoms with Crippen LogP contribution in [0.2, 0.25) is 5.02 Å². The lowest BCUT2D eigenvalue weighted by molar-refractivity contribution is -0.121. The quantitative estimate of drug-likeness (QED) is 0.108. The van der Waals surface area contributed by atoms with E-state index in [1.54, 1.807) is 18.2 Å². The van der Waals surface area contributed by atoms with E-state index in [4.69, 9.17) is 30.9 Å². The Bertz CT molecular complexity index is 2040. The number of ether oxygens (including phenoxy) is 3. The molecule has 1 aliphatic heterocycles. The minimum absolute atomic E-state index is 0.106. The highest BCUT2D eigenvalue weighted by Gasteiger charge is 2.24. The minimum atomic E-state index is -0.683. The number of benzene rings is 3. The van der Waals surface area contributed by atoms with E-state index in [9.17, 15) is 9.59 Å². The fourth-order valence-corrected chi connectivity index (χ4v) is 6.77. The van der Waals surface area contributed by atoms with Crippen LogP contribution in [0.3, 0.4) is 0 Å². The second kappa shape index (κ2) is 17.8. The highest BCUT2D eigenvalue weighted by Crippen LogP contribution is 2.35. The molecule has 3 aromatic carbocycles. The number of hydrogen-bond donors (Lipinski definition) is 2. The van der Waals surface area contributed by atoms with E-state index in [-0.39, 0.29) is 31.6 Å². The van der Waals surface area contributed by atoms with Crippen molar-refractivity contribution in [2.75, 3.05) is 38.7 Å². The first kappa shape index (κ1) is 38.6. The monoisotopic (exact) mass is 752 g/mol. The molecule has 54 heavy (non-hydrogen) atoms. The van der Waals surface area contributed by atoms with Gasteiger partial charge in [0.1, 0.15) is 5.60 Å². The molecule has 0 saturated carbocycles. The average molecular weight is 753 g/mol. The van der Waals surface area contributed by atoms with Crippen molar-refractivity contribution in [2.24, 2.45) is 0 Å². The molecule has 2 aromatic heterocycles. The molecule has 3 heterocycles. The molecule has 2 N–H and O–H groups in total. The van der Waals surface area contributed by atoms with Crippen LogP contribution in [0.4, 0.5) is 10.5 Å². The van der Waals surface area contributed by atoms with E-state index < -0.39 is 11.7 Å². The summed E-state index contributed by atoms with van der Waals surface area (Å²) in [4.78, 5) is 32.1. The zero-order valence-electron chi connectivity index (χ0n) is 31.4. The van der Waals surface area contributed by atoms with E-state index in [2.05, 4.69) is 27.8 Å². The Balaban J connectivity index is 1.06. The molecule has 1 unspecified atom stereocenters. The number of amides is 2. The number of nitrogens with one attached hydrogen (secondary N) is 2. The van der Waals surface area contributed by atoms with Gasteiger partial charge in [-0.1, -0.05) is 54.1 Å². The number of aromatic nitrogens is 3. The first-order valence-electron chi connectivity index (χ1n) is 18.5. The lowest BCUT2D eigenvalue weighted by atomic mass is 10.0. The Kier molecular flexibility index (Phi) is 12.7. The number of hydrogen-bond acceptors (Lipinski definition) is 8. The van der Waals surface area contributed by atoms with Crippen molar-refractivity contribution in [1.29, 1.82) is 0 Å². The summed E-state index contributed by atoms with van der Waals surface area (Å²) in [7, 11) is 1.61. The molecule has 1 saturated heterocycles. The highest BCUT2D eigenvalue weighted by atomic mass is 35.5. The van der Waals surface area contributed by atoms with Gasteiger partial charge in [-0.05, 0) is 93.0 Å². The Morgan fingerprint density at radius 2 is 1.83 bits per heavy atom. The van der Waals surface area contributed by atoms with E-state index in [1.165, 1.54) is 0 Å². The summed E-state index contributed by atoms with van der Waals surface area (Å²) in [6, 6.07) is 23.8. The second-order valence-corrected chi connectivity index (χ2v) is 14.8. The van der Waals surface area contributed by atoms with Gasteiger partial charge >= 0.3 is 6.09 Å². The standard InChI is InChI=1S/C42H49ClN6O5/c1-42(2,3)54-41(51)48(28-29-14-15-33(35(43)23-29)30-11-6-5-7-12-30)21-17-38(50)45-19-10-18-44-36-24-32(31-16-20-46-39(26-31)52-4)25-37-34(36)27-47-49(37)40-13-8-9-22-53-40/h5-7,11-12,14-16,20,23-27,40,44H,8-10,13,17-19,21-22,28H2,1-4H3,(H,45,50). The van der Waals surface area contributed by atoms with Crippen LogP contribution in [-0.2, 0) is 20.8 Å². The third-order valence-corrected chi connectivity index (χ3v) is 9.48.